The summed E-state index contributed by atoms with van der Waals surface area (Å²) in [5.41, 5.74) is 1.14. The third kappa shape index (κ3) is 3.67. The van der Waals surface area contributed by atoms with Gasteiger partial charge in [0.2, 0.25) is 0 Å². The van der Waals surface area contributed by atoms with Crippen LogP contribution in [0.1, 0.15) is 46.5 Å². The second-order valence-corrected chi connectivity index (χ2v) is 6.20. The Kier molecular flexibility index (Phi) is 4.77. The first-order valence-electron chi connectivity index (χ1n) is 6.82. The van der Waals surface area contributed by atoms with Crippen molar-refractivity contribution >= 4 is 11.3 Å². The molecule has 0 saturated heterocycles. The molecule has 2 aromatic heterocycles. The van der Waals surface area contributed by atoms with Crippen LogP contribution >= 0.6 is 11.3 Å². The fourth-order valence-electron chi connectivity index (χ4n) is 2.03. The van der Waals surface area contributed by atoms with Gasteiger partial charge in [0.05, 0.1) is 16.7 Å². The first-order chi connectivity index (χ1) is 9.10. The third-order valence-corrected chi connectivity index (χ3v) is 4.29. The van der Waals surface area contributed by atoms with Crippen molar-refractivity contribution in [3.63, 3.8) is 0 Å². The number of aryl methyl sites for hydroxylation is 3. The van der Waals surface area contributed by atoms with E-state index < -0.39 is 0 Å². The molecule has 0 saturated carbocycles. The van der Waals surface area contributed by atoms with E-state index in [0.29, 0.717) is 0 Å². The Morgan fingerprint density at radius 3 is 2.63 bits per heavy atom. The van der Waals surface area contributed by atoms with Crippen molar-refractivity contribution in [1.29, 1.82) is 0 Å². The van der Waals surface area contributed by atoms with Crippen LogP contribution in [-0.2, 0) is 6.42 Å². The van der Waals surface area contributed by atoms with Crippen molar-refractivity contribution in [2.24, 2.45) is 0 Å². The highest BCUT2D eigenvalue weighted by Crippen LogP contribution is 2.24. The quantitative estimate of drug-likeness (QED) is 0.869. The van der Waals surface area contributed by atoms with Crippen LogP contribution in [0.5, 0.6) is 0 Å². The molecule has 1 atom stereocenters. The Hall–Kier alpha value is -1.13. The van der Waals surface area contributed by atoms with Gasteiger partial charge in [0.15, 0.2) is 0 Å². The SMILES string of the molecule is CCCNC(Cc1nc(C)c(C)s1)c1ccc(C)o1. The van der Waals surface area contributed by atoms with E-state index in [0.717, 1.165) is 36.6 Å². The van der Waals surface area contributed by atoms with Gasteiger partial charge in [-0.1, -0.05) is 6.92 Å². The zero-order valence-electron chi connectivity index (χ0n) is 12.1. The molecule has 0 fully saturated rings. The highest BCUT2D eigenvalue weighted by molar-refractivity contribution is 7.11. The topological polar surface area (TPSA) is 38.1 Å². The van der Waals surface area contributed by atoms with Crippen molar-refractivity contribution in [1.82, 2.24) is 10.3 Å². The molecule has 2 rings (SSSR count). The largest absolute Gasteiger partial charge is 0.465 e. The van der Waals surface area contributed by atoms with Crippen molar-refractivity contribution in [3.05, 3.63) is 39.2 Å². The molecule has 2 aromatic rings. The Morgan fingerprint density at radius 2 is 2.11 bits per heavy atom. The average molecular weight is 278 g/mol. The predicted octanol–water partition coefficient (Wildman–Crippen LogP) is 3.94. The van der Waals surface area contributed by atoms with E-state index in [9.17, 15) is 0 Å². The van der Waals surface area contributed by atoms with Crippen molar-refractivity contribution in [2.45, 2.75) is 46.6 Å². The summed E-state index contributed by atoms with van der Waals surface area (Å²) in [5, 5.41) is 4.73. The zero-order valence-corrected chi connectivity index (χ0v) is 12.9. The van der Waals surface area contributed by atoms with Gasteiger partial charge in [-0.3, -0.25) is 0 Å². The number of hydrogen-bond donors (Lipinski definition) is 1. The molecule has 0 amide bonds. The second kappa shape index (κ2) is 6.35. The first kappa shape index (κ1) is 14.3. The molecule has 4 heteroatoms. The van der Waals surface area contributed by atoms with Gasteiger partial charge in [-0.05, 0) is 45.9 Å². The van der Waals surface area contributed by atoms with Crippen LogP contribution in [0.4, 0.5) is 0 Å². The number of thiazole rings is 1. The number of nitrogens with one attached hydrogen (secondary N) is 1. The van der Waals surface area contributed by atoms with Gasteiger partial charge in [0.25, 0.3) is 0 Å². The summed E-state index contributed by atoms with van der Waals surface area (Å²) in [7, 11) is 0. The summed E-state index contributed by atoms with van der Waals surface area (Å²) in [6.45, 7) is 9.35. The van der Waals surface area contributed by atoms with Gasteiger partial charge in [0, 0.05) is 11.3 Å². The van der Waals surface area contributed by atoms with Crippen molar-refractivity contribution < 1.29 is 4.42 Å². The van der Waals surface area contributed by atoms with Gasteiger partial charge >= 0.3 is 0 Å². The van der Waals surface area contributed by atoms with Crippen LogP contribution in [0, 0.1) is 20.8 Å². The van der Waals surface area contributed by atoms with Crippen molar-refractivity contribution in [2.75, 3.05) is 6.54 Å². The van der Waals surface area contributed by atoms with Crippen molar-refractivity contribution in [3.8, 4) is 0 Å². The van der Waals surface area contributed by atoms with Gasteiger partial charge in [0.1, 0.15) is 11.5 Å². The standard InChI is InChI=1S/C15H22N2OS/c1-5-8-16-13(14-7-6-10(2)18-14)9-15-17-11(3)12(4)19-15/h6-7,13,16H,5,8-9H2,1-4H3. The van der Waals surface area contributed by atoms with E-state index in [1.165, 1.54) is 9.88 Å². The van der Waals surface area contributed by atoms with Crippen LogP contribution in [0.25, 0.3) is 0 Å². The minimum atomic E-state index is 0.221. The minimum Gasteiger partial charge on any atom is -0.465 e. The molecule has 0 radical (unpaired) electrons. The van der Waals surface area contributed by atoms with Gasteiger partial charge in [-0.2, -0.15) is 0 Å². The van der Waals surface area contributed by atoms with Gasteiger partial charge in [-0.15, -0.1) is 11.3 Å². The monoisotopic (exact) mass is 278 g/mol. The van der Waals surface area contributed by atoms with Crippen LogP contribution in [0.2, 0.25) is 0 Å². The van der Waals surface area contributed by atoms with E-state index >= 15 is 0 Å². The molecule has 0 bridgehead atoms. The van der Waals surface area contributed by atoms with E-state index in [2.05, 4.69) is 37.1 Å². The highest BCUT2D eigenvalue weighted by Gasteiger charge is 2.17. The predicted molar refractivity (Wildman–Crippen MR) is 79.8 cm³/mol. The van der Waals surface area contributed by atoms with Crippen LogP contribution < -0.4 is 5.32 Å². The van der Waals surface area contributed by atoms with Crippen LogP contribution in [0.15, 0.2) is 16.5 Å². The maximum absolute atomic E-state index is 5.77. The smallest absolute Gasteiger partial charge is 0.121 e. The summed E-state index contributed by atoms with van der Waals surface area (Å²) in [6.07, 6.45) is 2.01. The molecule has 19 heavy (non-hydrogen) atoms. The maximum Gasteiger partial charge on any atom is 0.121 e. The minimum absolute atomic E-state index is 0.221. The molecule has 104 valence electrons. The van der Waals surface area contributed by atoms with Gasteiger partial charge in [-0.25, -0.2) is 4.98 Å². The highest BCUT2D eigenvalue weighted by atomic mass is 32.1. The number of rotatable bonds is 6. The lowest BCUT2D eigenvalue weighted by Gasteiger charge is -2.14. The maximum atomic E-state index is 5.77. The van der Waals surface area contributed by atoms with Crippen LogP contribution in [-0.4, -0.2) is 11.5 Å². The fraction of sp³-hybridized carbons (Fsp3) is 0.533. The number of hydrogen-bond acceptors (Lipinski definition) is 4. The lowest BCUT2D eigenvalue weighted by molar-refractivity contribution is 0.398. The molecule has 0 aromatic carbocycles. The average Bonchev–Trinajstić information content (AvgIpc) is 2.92. The van der Waals surface area contributed by atoms with E-state index in [1.807, 2.05) is 13.0 Å². The number of aromatic nitrogens is 1. The molecular weight excluding hydrogens is 256 g/mol. The third-order valence-electron chi connectivity index (χ3n) is 3.20. The Bertz CT molecular complexity index is 510. The van der Waals surface area contributed by atoms with Gasteiger partial charge < -0.3 is 9.73 Å². The Balaban J connectivity index is 2.13. The Morgan fingerprint density at radius 1 is 1.32 bits per heavy atom. The number of nitrogens with zero attached hydrogens (tertiary/aromatic N) is 1. The molecule has 0 aliphatic heterocycles. The van der Waals surface area contributed by atoms with E-state index in [1.54, 1.807) is 11.3 Å². The van der Waals surface area contributed by atoms with E-state index in [-0.39, 0.29) is 6.04 Å². The molecule has 0 aliphatic carbocycles. The molecule has 1 N–H and O–H groups in total. The summed E-state index contributed by atoms with van der Waals surface area (Å²) >= 11 is 1.78. The normalized spacial score (nSPS) is 12.8. The lowest BCUT2D eigenvalue weighted by Crippen LogP contribution is -2.23. The first-order valence-corrected chi connectivity index (χ1v) is 7.64. The second-order valence-electron chi connectivity index (χ2n) is 4.91. The van der Waals surface area contributed by atoms with Crippen LogP contribution in [0.3, 0.4) is 0 Å². The molecule has 0 aliphatic rings. The van der Waals surface area contributed by atoms with E-state index in [4.69, 9.17) is 4.42 Å². The summed E-state index contributed by atoms with van der Waals surface area (Å²) in [6, 6.07) is 4.31. The summed E-state index contributed by atoms with van der Waals surface area (Å²) in [5.74, 6) is 1.97. The zero-order chi connectivity index (χ0) is 13.8. The molecule has 3 nitrogen and oxygen atoms in total. The molecular formula is C15H22N2OS. The fourth-order valence-corrected chi connectivity index (χ4v) is 3.01. The lowest BCUT2D eigenvalue weighted by atomic mass is 10.1. The summed E-state index contributed by atoms with van der Waals surface area (Å²) < 4.78 is 5.77. The molecule has 0 spiro atoms. The summed E-state index contributed by atoms with van der Waals surface area (Å²) in [4.78, 5) is 5.93. The molecule has 2 heterocycles. The number of furan rings is 1. The Labute approximate surface area is 119 Å². The molecule has 1 unspecified atom stereocenters.